The Kier molecular flexibility index (Phi) is 5.07. The van der Waals surface area contributed by atoms with E-state index < -0.39 is 17.8 Å². The van der Waals surface area contributed by atoms with Crippen molar-refractivity contribution in [1.82, 2.24) is 5.06 Å². The molecule has 27 heavy (non-hydrogen) atoms. The number of phenolic OH excluding ortho intramolecular Hbond substituents is 1. The van der Waals surface area contributed by atoms with Gasteiger partial charge >= 0.3 is 5.97 Å². The van der Waals surface area contributed by atoms with Crippen LogP contribution < -0.4 is 4.74 Å². The molecule has 1 fully saturated rings. The van der Waals surface area contributed by atoms with E-state index in [9.17, 15) is 19.5 Å². The van der Waals surface area contributed by atoms with Gasteiger partial charge in [-0.2, -0.15) is 0 Å². The smallest absolute Gasteiger partial charge is 0.364 e. The highest BCUT2D eigenvalue weighted by molar-refractivity contribution is 6.15. The van der Waals surface area contributed by atoms with Crippen molar-refractivity contribution in [2.24, 2.45) is 4.99 Å². The third kappa shape index (κ3) is 3.46. The number of allylic oxidation sites excluding steroid dienone is 2. The first-order valence-electron chi connectivity index (χ1n) is 8.60. The minimum Gasteiger partial charge on any atom is -0.508 e. The Balaban J connectivity index is 0.00000102. The number of rotatable bonds is 2. The minimum atomic E-state index is -0.848. The Labute approximate surface area is 155 Å². The van der Waals surface area contributed by atoms with E-state index in [1.54, 1.807) is 18.2 Å². The van der Waals surface area contributed by atoms with Gasteiger partial charge in [0, 0.05) is 25.3 Å². The molecule has 0 saturated carbocycles. The van der Waals surface area contributed by atoms with E-state index in [1.807, 2.05) is 13.8 Å². The highest BCUT2D eigenvalue weighted by Gasteiger charge is 2.35. The van der Waals surface area contributed by atoms with Crippen molar-refractivity contribution < 1.29 is 29.1 Å². The van der Waals surface area contributed by atoms with Gasteiger partial charge in [0.2, 0.25) is 0 Å². The van der Waals surface area contributed by atoms with Crippen LogP contribution in [0.25, 0.3) is 0 Å². The van der Waals surface area contributed by atoms with Crippen molar-refractivity contribution in [3.63, 3.8) is 0 Å². The van der Waals surface area contributed by atoms with Crippen LogP contribution in [0.3, 0.4) is 0 Å². The van der Waals surface area contributed by atoms with E-state index >= 15 is 0 Å². The Morgan fingerprint density at radius 2 is 1.93 bits per heavy atom. The molecular formula is C19H18N2O6. The van der Waals surface area contributed by atoms with Gasteiger partial charge in [-0.15, -0.1) is 5.06 Å². The van der Waals surface area contributed by atoms with Crippen molar-refractivity contribution in [3.05, 3.63) is 41.7 Å². The van der Waals surface area contributed by atoms with E-state index in [4.69, 9.17) is 9.57 Å². The third-order valence-electron chi connectivity index (χ3n) is 3.93. The number of aliphatic imine (C=N–C) groups is 1. The number of imide groups is 1. The zero-order chi connectivity index (χ0) is 19.6. The fourth-order valence-corrected chi connectivity index (χ4v) is 2.70. The predicted molar refractivity (Wildman–Crippen MR) is 95.1 cm³/mol. The summed E-state index contributed by atoms with van der Waals surface area (Å²) in [6.07, 6.45) is 3.66. The van der Waals surface area contributed by atoms with Crippen molar-refractivity contribution in [3.8, 4) is 11.5 Å². The van der Waals surface area contributed by atoms with Crippen molar-refractivity contribution in [2.75, 3.05) is 0 Å². The van der Waals surface area contributed by atoms with E-state index in [-0.39, 0.29) is 36.3 Å². The fraction of sp³-hybridized carbons (Fsp3) is 0.263. The van der Waals surface area contributed by atoms with E-state index in [2.05, 4.69) is 4.99 Å². The first-order chi connectivity index (χ1) is 13.0. The first-order valence-corrected chi connectivity index (χ1v) is 8.60. The molecule has 1 N–H and O–H groups in total. The Morgan fingerprint density at radius 3 is 2.63 bits per heavy atom. The summed E-state index contributed by atoms with van der Waals surface area (Å²) >= 11 is 0. The van der Waals surface area contributed by atoms with E-state index in [0.29, 0.717) is 22.2 Å². The lowest BCUT2D eigenvalue weighted by molar-refractivity contribution is -0.194. The fourth-order valence-electron chi connectivity index (χ4n) is 2.70. The SMILES string of the molecule is CC.O=C(ON1C(=O)CCC1=O)C1=C2Oc3cc(O)ccc3N=C2C=CC1. The number of carbonyl (C=O) groups is 3. The van der Waals surface area contributed by atoms with Gasteiger partial charge in [0.15, 0.2) is 11.5 Å². The molecule has 0 aromatic heterocycles. The number of aromatic hydroxyl groups is 1. The van der Waals surface area contributed by atoms with Crippen molar-refractivity contribution in [2.45, 2.75) is 33.1 Å². The summed E-state index contributed by atoms with van der Waals surface area (Å²) in [5, 5.41) is 10.1. The maximum Gasteiger partial charge on any atom is 0.364 e. The van der Waals surface area contributed by atoms with Crippen LogP contribution in [0.4, 0.5) is 5.69 Å². The number of hydrogen-bond acceptors (Lipinski definition) is 7. The number of fused-ring (bicyclic) bond motifs is 2. The van der Waals surface area contributed by atoms with Crippen LogP contribution in [-0.2, 0) is 19.2 Å². The highest BCUT2D eigenvalue weighted by atomic mass is 16.7. The molecule has 4 rings (SSSR count). The number of hydroxylamine groups is 2. The number of nitrogens with zero attached hydrogens (tertiary/aromatic N) is 2. The second-order valence-electron chi connectivity index (χ2n) is 5.63. The summed E-state index contributed by atoms with van der Waals surface area (Å²) in [4.78, 5) is 45.0. The van der Waals surface area contributed by atoms with Crippen LogP contribution in [0.2, 0.25) is 0 Å². The van der Waals surface area contributed by atoms with Crippen LogP contribution in [0.5, 0.6) is 11.5 Å². The molecule has 2 heterocycles. The van der Waals surface area contributed by atoms with Gasteiger partial charge in [0.05, 0.1) is 5.57 Å². The summed E-state index contributed by atoms with van der Waals surface area (Å²) in [7, 11) is 0. The van der Waals surface area contributed by atoms with Gasteiger partial charge in [-0.1, -0.05) is 19.9 Å². The molecule has 0 atom stereocenters. The largest absolute Gasteiger partial charge is 0.508 e. The van der Waals surface area contributed by atoms with Gasteiger partial charge in [-0.05, 0) is 18.2 Å². The Bertz CT molecular complexity index is 897. The molecular weight excluding hydrogens is 352 g/mol. The zero-order valence-electron chi connectivity index (χ0n) is 14.9. The molecule has 8 heteroatoms. The zero-order valence-corrected chi connectivity index (χ0v) is 14.9. The molecule has 140 valence electrons. The second kappa shape index (κ2) is 7.45. The normalized spacial score (nSPS) is 17.4. The predicted octanol–water partition coefficient (Wildman–Crippen LogP) is 2.70. The first kappa shape index (κ1) is 18.4. The van der Waals surface area contributed by atoms with Crippen molar-refractivity contribution >= 4 is 29.2 Å². The topological polar surface area (TPSA) is 106 Å². The molecule has 2 aliphatic heterocycles. The van der Waals surface area contributed by atoms with Crippen LogP contribution in [0.1, 0.15) is 33.1 Å². The number of amides is 2. The molecule has 0 spiro atoms. The summed E-state index contributed by atoms with van der Waals surface area (Å²) in [5.74, 6) is -1.47. The maximum atomic E-state index is 12.4. The Morgan fingerprint density at radius 1 is 1.22 bits per heavy atom. The van der Waals surface area contributed by atoms with Gasteiger partial charge in [0.1, 0.15) is 17.1 Å². The molecule has 1 aliphatic carbocycles. The van der Waals surface area contributed by atoms with Gasteiger partial charge in [-0.25, -0.2) is 9.79 Å². The summed E-state index contributed by atoms with van der Waals surface area (Å²) in [5.41, 5.74) is 1.08. The lowest BCUT2D eigenvalue weighted by Gasteiger charge is -2.23. The number of carbonyl (C=O) groups excluding carboxylic acids is 3. The number of benzene rings is 1. The number of phenols is 1. The monoisotopic (exact) mass is 370 g/mol. The standard InChI is InChI=1S/C17H12N2O6.C2H6/c20-9-4-5-11-13(8-9)24-16-10(2-1-3-12(16)18-11)17(23)25-19-14(21)6-7-15(19)22;1-2/h1,3-5,8,20H,2,6-7H2;1-2H3. The van der Waals surface area contributed by atoms with Gasteiger partial charge < -0.3 is 14.7 Å². The number of ether oxygens (including phenoxy) is 1. The molecule has 8 nitrogen and oxygen atoms in total. The minimum absolute atomic E-state index is 0.00161. The van der Waals surface area contributed by atoms with Gasteiger partial charge in [-0.3, -0.25) is 9.59 Å². The number of hydrogen-bond donors (Lipinski definition) is 1. The van der Waals surface area contributed by atoms with Gasteiger partial charge in [0.25, 0.3) is 11.8 Å². The highest BCUT2D eigenvalue weighted by Crippen LogP contribution is 2.38. The van der Waals surface area contributed by atoms with Crippen LogP contribution in [0.15, 0.2) is 46.7 Å². The third-order valence-corrected chi connectivity index (χ3v) is 3.93. The maximum absolute atomic E-state index is 12.4. The van der Waals surface area contributed by atoms with E-state index in [0.717, 1.165) is 0 Å². The quantitative estimate of drug-likeness (QED) is 0.803. The van der Waals surface area contributed by atoms with Crippen molar-refractivity contribution in [1.29, 1.82) is 0 Å². The molecule has 2 amide bonds. The van der Waals surface area contributed by atoms with Crippen LogP contribution >= 0.6 is 0 Å². The molecule has 0 bridgehead atoms. The van der Waals surface area contributed by atoms with E-state index in [1.165, 1.54) is 12.1 Å². The lowest BCUT2D eigenvalue weighted by Crippen LogP contribution is -2.33. The lowest BCUT2D eigenvalue weighted by atomic mass is 10.0. The molecule has 3 aliphatic rings. The molecule has 0 radical (unpaired) electrons. The molecule has 0 unspecified atom stereocenters. The summed E-state index contributed by atoms with van der Waals surface area (Å²) in [6.45, 7) is 4.00. The molecule has 1 saturated heterocycles. The average Bonchev–Trinajstić information content (AvgIpc) is 2.99. The summed E-state index contributed by atoms with van der Waals surface area (Å²) < 4.78 is 5.72. The van der Waals surface area contributed by atoms with Crippen LogP contribution in [0, 0.1) is 0 Å². The van der Waals surface area contributed by atoms with Crippen LogP contribution in [-0.4, -0.2) is 33.7 Å². The molecule has 1 aromatic rings. The Hall–Kier alpha value is -3.42. The second-order valence-corrected chi connectivity index (χ2v) is 5.63. The molecule has 1 aromatic carbocycles. The average molecular weight is 370 g/mol. The summed E-state index contributed by atoms with van der Waals surface area (Å²) in [6, 6.07) is 4.46.